The molecule has 0 heterocycles. The highest BCUT2D eigenvalue weighted by Gasteiger charge is 2.10. The molecule has 0 saturated carbocycles. The van der Waals surface area contributed by atoms with E-state index in [1.165, 1.54) is 6.07 Å². The van der Waals surface area contributed by atoms with Crippen molar-refractivity contribution < 1.29 is 9.18 Å². The molecule has 0 aliphatic rings. The summed E-state index contributed by atoms with van der Waals surface area (Å²) in [6.07, 6.45) is 0.606. The molecular formula is C15H11FN2O. The van der Waals surface area contributed by atoms with Crippen LogP contribution in [0.5, 0.6) is 0 Å². The summed E-state index contributed by atoms with van der Waals surface area (Å²) in [7, 11) is 1.72. The molecule has 0 atom stereocenters. The van der Waals surface area contributed by atoms with Crippen LogP contribution < -0.4 is 4.90 Å². The molecule has 0 unspecified atom stereocenters. The van der Waals surface area contributed by atoms with Crippen LogP contribution in [0.2, 0.25) is 0 Å². The van der Waals surface area contributed by atoms with Crippen LogP contribution in [0.1, 0.15) is 15.9 Å². The smallest absolute Gasteiger partial charge is 0.150 e. The molecular weight excluding hydrogens is 243 g/mol. The van der Waals surface area contributed by atoms with E-state index in [0.29, 0.717) is 23.1 Å². The number of hydrogen-bond acceptors (Lipinski definition) is 3. The second-order valence-electron chi connectivity index (χ2n) is 4.05. The molecule has 0 aromatic heterocycles. The number of anilines is 2. The van der Waals surface area contributed by atoms with E-state index in [0.717, 1.165) is 5.69 Å². The zero-order valence-corrected chi connectivity index (χ0v) is 10.3. The van der Waals surface area contributed by atoms with E-state index in [9.17, 15) is 9.18 Å². The minimum absolute atomic E-state index is 0.300. The fourth-order valence-electron chi connectivity index (χ4n) is 1.77. The lowest BCUT2D eigenvalue weighted by Crippen LogP contribution is -2.11. The first-order valence-electron chi connectivity index (χ1n) is 5.64. The van der Waals surface area contributed by atoms with Crippen molar-refractivity contribution in [3.05, 3.63) is 59.4 Å². The van der Waals surface area contributed by atoms with Crippen molar-refractivity contribution in [2.24, 2.45) is 0 Å². The van der Waals surface area contributed by atoms with Crippen LogP contribution in [0.4, 0.5) is 15.8 Å². The van der Waals surface area contributed by atoms with Gasteiger partial charge in [-0.05, 0) is 42.5 Å². The van der Waals surface area contributed by atoms with E-state index < -0.39 is 5.82 Å². The Hall–Kier alpha value is -2.67. The molecule has 0 radical (unpaired) electrons. The van der Waals surface area contributed by atoms with E-state index in [1.807, 2.05) is 6.07 Å². The Morgan fingerprint density at radius 3 is 2.42 bits per heavy atom. The third-order valence-electron chi connectivity index (χ3n) is 2.85. The topological polar surface area (TPSA) is 44.1 Å². The molecule has 0 spiro atoms. The van der Waals surface area contributed by atoms with Gasteiger partial charge in [-0.2, -0.15) is 5.26 Å². The third kappa shape index (κ3) is 2.61. The van der Waals surface area contributed by atoms with E-state index in [4.69, 9.17) is 5.26 Å². The molecule has 0 fully saturated rings. The Morgan fingerprint density at radius 2 is 1.89 bits per heavy atom. The minimum Gasteiger partial charge on any atom is -0.342 e. The monoisotopic (exact) mass is 254 g/mol. The molecule has 0 bridgehead atoms. The van der Waals surface area contributed by atoms with E-state index in [-0.39, 0.29) is 0 Å². The van der Waals surface area contributed by atoms with Crippen LogP contribution in [-0.2, 0) is 0 Å². The maximum atomic E-state index is 13.9. The van der Waals surface area contributed by atoms with Crippen LogP contribution in [0.15, 0.2) is 42.5 Å². The number of rotatable bonds is 3. The van der Waals surface area contributed by atoms with Crippen molar-refractivity contribution in [3.8, 4) is 6.07 Å². The largest absolute Gasteiger partial charge is 0.342 e. The molecule has 2 rings (SSSR count). The summed E-state index contributed by atoms with van der Waals surface area (Å²) >= 11 is 0. The van der Waals surface area contributed by atoms with Gasteiger partial charge in [-0.1, -0.05) is 0 Å². The molecule has 0 amide bonds. The van der Waals surface area contributed by atoms with Gasteiger partial charge in [-0.25, -0.2) is 4.39 Å². The number of halogens is 1. The van der Waals surface area contributed by atoms with Crippen LogP contribution in [0.25, 0.3) is 0 Å². The Kier molecular flexibility index (Phi) is 3.58. The van der Waals surface area contributed by atoms with Gasteiger partial charge in [0, 0.05) is 18.3 Å². The summed E-state index contributed by atoms with van der Waals surface area (Å²) in [4.78, 5) is 12.2. The Labute approximate surface area is 110 Å². The SMILES string of the molecule is CN(c1ccc(C#N)cc1)c1ccc(C=O)cc1F. The summed E-state index contributed by atoms with van der Waals surface area (Å²) in [6, 6.07) is 13.2. The van der Waals surface area contributed by atoms with Gasteiger partial charge < -0.3 is 4.90 Å². The highest BCUT2D eigenvalue weighted by Crippen LogP contribution is 2.26. The molecule has 3 nitrogen and oxygen atoms in total. The quantitative estimate of drug-likeness (QED) is 0.789. The minimum atomic E-state index is -0.462. The summed E-state index contributed by atoms with van der Waals surface area (Å²) in [5.41, 5.74) is 1.98. The fraction of sp³-hybridized carbons (Fsp3) is 0.0667. The summed E-state index contributed by atoms with van der Waals surface area (Å²) in [5, 5.41) is 8.73. The van der Waals surface area contributed by atoms with E-state index in [2.05, 4.69) is 0 Å². The number of nitrogens with zero attached hydrogens (tertiary/aromatic N) is 2. The first-order chi connectivity index (χ1) is 9.15. The lowest BCUT2D eigenvalue weighted by molar-refractivity contribution is 0.112. The highest BCUT2D eigenvalue weighted by atomic mass is 19.1. The normalized spacial score (nSPS) is 9.74. The van der Waals surface area contributed by atoms with Crippen LogP contribution in [0, 0.1) is 17.1 Å². The van der Waals surface area contributed by atoms with Gasteiger partial charge in [-0.15, -0.1) is 0 Å². The van der Waals surface area contributed by atoms with E-state index in [1.54, 1.807) is 48.3 Å². The second-order valence-corrected chi connectivity index (χ2v) is 4.05. The molecule has 0 N–H and O–H groups in total. The Bertz CT molecular complexity index is 644. The third-order valence-corrected chi connectivity index (χ3v) is 2.85. The number of carbonyl (C=O) groups excluding carboxylic acids is 1. The van der Waals surface area contributed by atoms with Gasteiger partial charge in [0.05, 0.1) is 17.3 Å². The maximum absolute atomic E-state index is 13.9. The van der Waals surface area contributed by atoms with Gasteiger partial charge in [0.25, 0.3) is 0 Å². The molecule has 4 heteroatoms. The molecule has 19 heavy (non-hydrogen) atoms. The van der Waals surface area contributed by atoms with Crippen molar-refractivity contribution >= 4 is 17.7 Å². The van der Waals surface area contributed by atoms with Gasteiger partial charge in [0.1, 0.15) is 12.1 Å². The molecule has 0 saturated heterocycles. The summed E-state index contributed by atoms with van der Waals surface area (Å²) in [6.45, 7) is 0. The summed E-state index contributed by atoms with van der Waals surface area (Å²) < 4.78 is 13.9. The fourth-order valence-corrected chi connectivity index (χ4v) is 1.77. The lowest BCUT2D eigenvalue weighted by Gasteiger charge is -2.20. The van der Waals surface area contributed by atoms with Crippen molar-refractivity contribution in [2.75, 3.05) is 11.9 Å². The number of benzene rings is 2. The Balaban J connectivity index is 2.35. The van der Waals surface area contributed by atoms with E-state index >= 15 is 0 Å². The number of carbonyl (C=O) groups is 1. The van der Waals surface area contributed by atoms with Crippen molar-refractivity contribution in [1.29, 1.82) is 5.26 Å². The second kappa shape index (κ2) is 5.32. The maximum Gasteiger partial charge on any atom is 0.150 e. The summed E-state index contributed by atoms with van der Waals surface area (Å²) in [5.74, 6) is -0.462. The van der Waals surface area contributed by atoms with Gasteiger partial charge in [0.2, 0.25) is 0 Å². The first kappa shape index (κ1) is 12.8. The van der Waals surface area contributed by atoms with Gasteiger partial charge in [0.15, 0.2) is 0 Å². The first-order valence-corrected chi connectivity index (χ1v) is 5.64. The zero-order valence-electron chi connectivity index (χ0n) is 10.3. The standard InChI is InChI=1S/C15H11FN2O/c1-18(13-5-2-11(9-17)3-6-13)15-7-4-12(10-19)8-14(15)16/h2-8,10H,1H3. The molecule has 94 valence electrons. The van der Waals surface area contributed by atoms with Crippen LogP contribution in [0.3, 0.4) is 0 Å². The molecule has 2 aromatic rings. The average molecular weight is 254 g/mol. The van der Waals surface area contributed by atoms with Gasteiger partial charge in [-0.3, -0.25) is 4.79 Å². The van der Waals surface area contributed by atoms with Crippen molar-refractivity contribution in [3.63, 3.8) is 0 Å². The zero-order chi connectivity index (χ0) is 13.8. The van der Waals surface area contributed by atoms with Gasteiger partial charge >= 0.3 is 0 Å². The number of hydrogen-bond donors (Lipinski definition) is 0. The molecule has 0 aliphatic heterocycles. The number of aldehydes is 1. The Morgan fingerprint density at radius 1 is 1.21 bits per heavy atom. The van der Waals surface area contributed by atoms with Crippen molar-refractivity contribution in [1.82, 2.24) is 0 Å². The number of nitriles is 1. The lowest BCUT2D eigenvalue weighted by atomic mass is 10.1. The average Bonchev–Trinajstić information content (AvgIpc) is 2.46. The van der Waals surface area contributed by atoms with Crippen LogP contribution in [-0.4, -0.2) is 13.3 Å². The predicted octanol–water partition coefficient (Wildman–Crippen LogP) is 3.28. The highest BCUT2D eigenvalue weighted by molar-refractivity contribution is 5.76. The van der Waals surface area contributed by atoms with Crippen molar-refractivity contribution in [2.45, 2.75) is 0 Å². The molecule has 2 aromatic carbocycles. The molecule has 0 aliphatic carbocycles. The van der Waals surface area contributed by atoms with Crippen LogP contribution >= 0.6 is 0 Å². The predicted molar refractivity (Wildman–Crippen MR) is 71.0 cm³/mol.